The molecule has 7 heteroatoms. The van der Waals surface area contributed by atoms with Gasteiger partial charge >= 0.3 is 0 Å². The Balaban J connectivity index is 3.03. The lowest BCUT2D eigenvalue weighted by molar-refractivity contribution is -0.114. The molecule has 0 unspecified atom stereocenters. The molecular formula is C10H13N3O3S. The number of amides is 1. The maximum atomic E-state index is 11.6. The minimum atomic E-state index is -3.75. The summed E-state index contributed by atoms with van der Waals surface area (Å²) in [6, 6.07) is 5.67. The van der Waals surface area contributed by atoms with Crippen LogP contribution in [-0.2, 0) is 14.8 Å². The Morgan fingerprint density at radius 1 is 1.24 bits per heavy atom. The molecule has 17 heavy (non-hydrogen) atoms. The predicted octanol–water partition coefficient (Wildman–Crippen LogP) is 0.711. The third-order valence-corrected chi connectivity index (χ3v) is 3.13. The number of carbonyl (C=O) groups is 1. The van der Waals surface area contributed by atoms with Crippen LogP contribution in [0.15, 0.2) is 33.6 Å². The first kappa shape index (κ1) is 13.2. The summed E-state index contributed by atoms with van der Waals surface area (Å²) in [6.07, 6.45) is 0. The van der Waals surface area contributed by atoms with Crippen molar-refractivity contribution < 1.29 is 13.2 Å². The molecule has 0 atom stereocenters. The zero-order valence-corrected chi connectivity index (χ0v) is 10.3. The zero-order valence-electron chi connectivity index (χ0n) is 9.47. The number of carbonyl (C=O) groups excluding carboxylic acids is 1. The molecule has 1 amide bonds. The Morgan fingerprint density at radius 3 is 2.18 bits per heavy atom. The van der Waals surface area contributed by atoms with Crippen LogP contribution in [0, 0.1) is 0 Å². The van der Waals surface area contributed by atoms with E-state index in [0.717, 1.165) is 0 Å². The maximum Gasteiger partial charge on any atom is 0.283 e. The molecule has 0 aliphatic heterocycles. The Labute approximate surface area is 99.6 Å². The standard InChI is InChI=1S/C10H13N3O3S/c1-7(11)13-17(15,16)10-5-3-9(4-6-10)12-8(2)14/h3-6H,1-2H3,(H2,11,13)(H,12,14). The highest BCUT2D eigenvalue weighted by Gasteiger charge is 2.12. The van der Waals surface area contributed by atoms with Crippen molar-refractivity contribution in [1.82, 2.24) is 0 Å². The van der Waals surface area contributed by atoms with Crippen LogP contribution in [0.5, 0.6) is 0 Å². The van der Waals surface area contributed by atoms with E-state index in [1.165, 1.54) is 38.1 Å². The largest absolute Gasteiger partial charge is 0.387 e. The minimum Gasteiger partial charge on any atom is -0.387 e. The Bertz CT molecular complexity index is 543. The third kappa shape index (κ3) is 3.87. The molecule has 0 bridgehead atoms. The van der Waals surface area contributed by atoms with Crippen LogP contribution in [-0.4, -0.2) is 20.2 Å². The van der Waals surface area contributed by atoms with Crippen LogP contribution < -0.4 is 11.1 Å². The number of nitrogens with one attached hydrogen (secondary N) is 1. The van der Waals surface area contributed by atoms with Crippen LogP contribution >= 0.6 is 0 Å². The lowest BCUT2D eigenvalue weighted by Gasteiger charge is -2.03. The monoisotopic (exact) mass is 255 g/mol. The first-order chi connectivity index (χ1) is 7.81. The molecular weight excluding hydrogens is 242 g/mol. The van der Waals surface area contributed by atoms with Crippen molar-refractivity contribution >= 4 is 27.5 Å². The molecule has 0 saturated heterocycles. The van der Waals surface area contributed by atoms with Gasteiger partial charge in [-0.25, -0.2) is 0 Å². The van der Waals surface area contributed by atoms with Gasteiger partial charge in [-0.15, -0.1) is 4.40 Å². The summed E-state index contributed by atoms with van der Waals surface area (Å²) in [5.41, 5.74) is 5.74. The average molecular weight is 255 g/mol. The molecule has 0 aliphatic rings. The van der Waals surface area contributed by atoms with E-state index in [9.17, 15) is 13.2 Å². The van der Waals surface area contributed by atoms with Gasteiger partial charge in [-0.05, 0) is 31.2 Å². The quantitative estimate of drug-likeness (QED) is 0.613. The van der Waals surface area contributed by atoms with Crippen molar-refractivity contribution in [3.63, 3.8) is 0 Å². The van der Waals surface area contributed by atoms with Gasteiger partial charge in [0, 0.05) is 12.6 Å². The molecule has 1 rings (SSSR count). The van der Waals surface area contributed by atoms with E-state index in [0.29, 0.717) is 5.69 Å². The zero-order chi connectivity index (χ0) is 13.1. The van der Waals surface area contributed by atoms with Gasteiger partial charge in [0.15, 0.2) is 0 Å². The Hall–Kier alpha value is -1.89. The van der Waals surface area contributed by atoms with Crippen LogP contribution in [0.3, 0.4) is 0 Å². The first-order valence-electron chi connectivity index (χ1n) is 4.76. The topological polar surface area (TPSA) is 102 Å². The molecule has 0 radical (unpaired) electrons. The average Bonchev–Trinajstić information content (AvgIpc) is 2.15. The number of nitrogens with zero attached hydrogens (tertiary/aromatic N) is 1. The van der Waals surface area contributed by atoms with E-state index in [4.69, 9.17) is 5.73 Å². The molecule has 0 aliphatic carbocycles. The Morgan fingerprint density at radius 2 is 1.76 bits per heavy atom. The molecule has 0 fully saturated rings. The molecule has 6 nitrogen and oxygen atoms in total. The summed E-state index contributed by atoms with van der Waals surface area (Å²) in [5, 5.41) is 2.53. The van der Waals surface area contributed by atoms with Crippen LogP contribution in [0.1, 0.15) is 13.8 Å². The van der Waals surface area contributed by atoms with Gasteiger partial charge in [0.2, 0.25) is 5.91 Å². The van der Waals surface area contributed by atoms with E-state index >= 15 is 0 Å². The molecule has 3 N–H and O–H groups in total. The van der Waals surface area contributed by atoms with Crippen LogP contribution in [0.25, 0.3) is 0 Å². The van der Waals surface area contributed by atoms with Crippen LogP contribution in [0.4, 0.5) is 5.69 Å². The number of rotatable bonds is 3. The summed E-state index contributed by atoms with van der Waals surface area (Å²) in [5.74, 6) is -0.257. The molecule has 0 saturated carbocycles. The highest BCUT2D eigenvalue weighted by atomic mass is 32.2. The number of hydrogen-bond acceptors (Lipinski definition) is 3. The predicted molar refractivity (Wildman–Crippen MR) is 65.2 cm³/mol. The summed E-state index contributed by atoms with van der Waals surface area (Å²) in [7, 11) is -3.75. The van der Waals surface area contributed by atoms with Crippen LogP contribution in [0.2, 0.25) is 0 Å². The second-order valence-corrected chi connectivity index (χ2v) is 5.02. The van der Waals surface area contributed by atoms with E-state index < -0.39 is 10.0 Å². The summed E-state index contributed by atoms with van der Waals surface area (Å²) >= 11 is 0. The van der Waals surface area contributed by atoms with E-state index in [1.54, 1.807) is 0 Å². The van der Waals surface area contributed by atoms with Gasteiger partial charge in [0.05, 0.1) is 4.90 Å². The van der Waals surface area contributed by atoms with Gasteiger partial charge in [0.1, 0.15) is 5.84 Å². The fraction of sp³-hybridized carbons (Fsp3) is 0.200. The van der Waals surface area contributed by atoms with Gasteiger partial charge < -0.3 is 11.1 Å². The minimum absolute atomic E-state index is 0.0244. The van der Waals surface area contributed by atoms with Crippen molar-refractivity contribution in [3.8, 4) is 0 Å². The van der Waals surface area contributed by atoms with Crippen molar-refractivity contribution in [1.29, 1.82) is 0 Å². The van der Waals surface area contributed by atoms with Crippen molar-refractivity contribution in [3.05, 3.63) is 24.3 Å². The van der Waals surface area contributed by atoms with E-state index in [1.807, 2.05) is 0 Å². The van der Waals surface area contributed by atoms with E-state index in [2.05, 4.69) is 9.71 Å². The summed E-state index contributed by atoms with van der Waals surface area (Å²) in [6.45, 7) is 2.76. The van der Waals surface area contributed by atoms with Crippen molar-refractivity contribution in [2.45, 2.75) is 18.7 Å². The SMILES string of the molecule is CC(=O)Nc1ccc(S(=O)(=O)/N=C(\C)N)cc1. The molecule has 1 aromatic rings. The van der Waals surface area contributed by atoms with Crippen molar-refractivity contribution in [2.24, 2.45) is 10.1 Å². The lowest BCUT2D eigenvalue weighted by atomic mass is 10.3. The summed E-state index contributed by atoms with van der Waals surface area (Å²) in [4.78, 5) is 10.8. The number of anilines is 1. The number of amidine groups is 1. The third-order valence-electron chi connectivity index (χ3n) is 1.74. The van der Waals surface area contributed by atoms with Gasteiger partial charge in [-0.3, -0.25) is 4.79 Å². The molecule has 0 spiro atoms. The smallest absolute Gasteiger partial charge is 0.283 e. The highest BCUT2D eigenvalue weighted by molar-refractivity contribution is 7.90. The fourth-order valence-electron chi connectivity index (χ4n) is 1.16. The van der Waals surface area contributed by atoms with Gasteiger partial charge in [-0.1, -0.05) is 0 Å². The maximum absolute atomic E-state index is 11.6. The fourth-order valence-corrected chi connectivity index (χ4v) is 2.12. The number of hydrogen-bond donors (Lipinski definition) is 2. The number of nitrogens with two attached hydrogens (primary N) is 1. The second-order valence-electron chi connectivity index (χ2n) is 3.41. The van der Waals surface area contributed by atoms with Gasteiger partial charge in [-0.2, -0.15) is 8.42 Å². The number of sulfonamides is 1. The highest BCUT2D eigenvalue weighted by Crippen LogP contribution is 2.16. The lowest BCUT2D eigenvalue weighted by Crippen LogP contribution is -2.10. The first-order valence-corrected chi connectivity index (χ1v) is 6.20. The molecule has 0 aromatic heterocycles. The number of benzene rings is 1. The Kier molecular flexibility index (Phi) is 3.84. The van der Waals surface area contributed by atoms with Gasteiger partial charge in [0.25, 0.3) is 10.0 Å². The molecule has 1 aromatic carbocycles. The summed E-state index contributed by atoms with van der Waals surface area (Å²) < 4.78 is 26.6. The molecule has 0 heterocycles. The second kappa shape index (κ2) is 4.96. The normalized spacial score (nSPS) is 12.2. The molecule has 92 valence electrons. The van der Waals surface area contributed by atoms with E-state index in [-0.39, 0.29) is 16.6 Å². The van der Waals surface area contributed by atoms with Crippen molar-refractivity contribution in [2.75, 3.05) is 5.32 Å².